The molecule has 0 bridgehead atoms. The van der Waals surface area contributed by atoms with Gasteiger partial charge in [0.05, 0.1) is 8.22 Å². The topological polar surface area (TPSA) is 38.7 Å². The molecule has 2 heterocycles. The maximum absolute atomic E-state index is 9.80. The van der Waals surface area contributed by atoms with Crippen LogP contribution in [0.25, 0.3) is 97.8 Å². The quantitative estimate of drug-likeness (QED) is 0.178. The van der Waals surface area contributed by atoms with E-state index in [1.54, 1.807) is 0 Å². The Morgan fingerprint density at radius 2 is 0.959 bits per heavy atom. The summed E-state index contributed by atoms with van der Waals surface area (Å²) in [5.41, 5.74) is 2.55. The molecule has 0 atom stereocenters. The minimum atomic E-state index is -0.310. The molecule has 2 aromatic heterocycles. The van der Waals surface area contributed by atoms with Gasteiger partial charge in [0, 0.05) is 36.9 Å². The number of nitrogens with zero attached hydrogens (tertiary/aromatic N) is 3. The van der Waals surface area contributed by atoms with Crippen molar-refractivity contribution in [3.8, 4) is 45.3 Å². The second kappa shape index (κ2) is 11.2. The highest BCUT2D eigenvalue weighted by Crippen LogP contribution is 2.42. The van der Waals surface area contributed by atoms with Gasteiger partial charge in [-0.1, -0.05) is 139 Å². The van der Waals surface area contributed by atoms with Crippen LogP contribution in [0.3, 0.4) is 0 Å². The van der Waals surface area contributed by atoms with E-state index in [1.807, 2.05) is 103 Å². The van der Waals surface area contributed by atoms with Crippen LogP contribution in [0.15, 0.2) is 164 Å². The summed E-state index contributed by atoms with van der Waals surface area (Å²) in [6.07, 6.45) is 0. The van der Waals surface area contributed by atoms with Crippen molar-refractivity contribution in [1.29, 1.82) is 0 Å². The Labute approximate surface area is 295 Å². The van der Waals surface area contributed by atoms with Gasteiger partial charge < -0.3 is 0 Å². The van der Waals surface area contributed by atoms with E-state index in [4.69, 9.17) is 17.7 Å². The monoisotopic (exact) mass is 647 g/mol. The number of hydrogen-bond acceptors (Lipinski definition) is 4. The second-order valence-corrected chi connectivity index (χ2v) is 12.9. The molecule has 0 saturated heterocycles. The molecule has 10 aromatic rings. The summed E-state index contributed by atoms with van der Waals surface area (Å²) in [4.78, 5) is 14.6. The molecule has 3 nitrogen and oxygen atoms in total. The van der Waals surface area contributed by atoms with Crippen LogP contribution < -0.4 is 0 Å². The third kappa shape index (κ3) is 4.61. The Kier molecular flexibility index (Phi) is 5.11. The van der Waals surface area contributed by atoms with Crippen molar-refractivity contribution in [2.75, 3.05) is 0 Å². The molecule has 49 heavy (non-hydrogen) atoms. The first kappa shape index (κ1) is 22.4. The molecule has 0 aliphatic rings. The Morgan fingerprint density at radius 3 is 1.59 bits per heavy atom. The van der Waals surface area contributed by atoms with Crippen LogP contribution >= 0.6 is 11.3 Å². The van der Waals surface area contributed by atoms with Crippen LogP contribution in [0.1, 0.15) is 8.22 Å². The fourth-order valence-electron chi connectivity index (χ4n) is 6.75. The first-order chi connectivity index (χ1) is 26.8. The van der Waals surface area contributed by atoms with Crippen LogP contribution in [0.5, 0.6) is 0 Å². The molecule has 0 N–H and O–H groups in total. The van der Waals surface area contributed by atoms with Crippen molar-refractivity contribution in [2.24, 2.45) is 0 Å². The molecular formula is C45H27N3S. The highest BCUT2D eigenvalue weighted by Gasteiger charge is 2.18. The number of benzene rings is 8. The maximum atomic E-state index is 9.80. The number of rotatable bonds is 4. The summed E-state index contributed by atoms with van der Waals surface area (Å²) < 4.78 is 56.2. The molecule has 4 heteroatoms. The second-order valence-electron chi connectivity index (χ2n) is 11.9. The molecule has 0 saturated carbocycles. The van der Waals surface area contributed by atoms with E-state index in [9.17, 15) is 5.48 Å². The number of aromatic nitrogens is 3. The van der Waals surface area contributed by atoms with Crippen LogP contribution in [-0.4, -0.2) is 15.0 Å². The molecule has 0 radical (unpaired) electrons. The lowest BCUT2D eigenvalue weighted by Gasteiger charge is -2.12. The highest BCUT2D eigenvalue weighted by molar-refractivity contribution is 7.26. The zero-order valence-electron chi connectivity index (χ0n) is 31.9. The summed E-state index contributed by atoms with van der Waals surface area (Å²) in [6.45, 7) is 0. The van der Waals surface area contributed by atoms with E-state index in [0.717, 1.165) is 54.8 Å². The van der Waals surface area contributed by atoms with Crippen molar-refractivity contribution in [3.63, 3.8) is 0 Å². The maximum Gasteiger partial charge on any atom is 0.164 e. The molecular weight excluding hydrogens is 615 g/mol. The van der Waals surface area contributed by atoms with E-state index in [0.29, 0.717) is 37.4 Å². The summed E-state index contributed by atoms with van der Waals surface area (Å²) in [5, 5.41) is 7.10. The lowest BCUT2D eigenvalue weighted by molar-refractivity contribution is 1.08. The SMILES string of the molecule is [2H]c1c(-c2ccc3c4ccccc4c4ccccc4c3c2)c([2H])c2c(sc3c([2H])c([2H])c([2H])c(-c4nc(-c5ccccc5)nc(-c5ccccc5)n4)c32)c1[2H]. The van der Waals surface area contributed by atoms with Crippen LogP contribution in [0.2, 0.25) is 0 Å². The molecule has 0 amide bonds. The summed E-state index contributed by atoms with van der Waals surface area (Å²) in [7, 11) is 0. The van der Waals surface area contributed by atoms with Gasteiger partial charge in [0.15, 0.2) is 17.5 Å². The van der Waals surface area contributed by atoms with Gasteiger partial charge in [-0.3, -0.25) is 0 Å². The van der Waals surface area contributed by atoms with E-state index in [2.05, 4.69) is 24.3 Å². The Balaban J connectivity index is 1.30. The standard InChI is InChI=1S/C45H27N3S/c1-3-12-28(13-4-1)43-46-44(29-14-5-2-6-15-29)48-45(47-43)37-20-11-21-41-42(37)39-27-31(23-25-40(39)49-41)30-22-24-36-34-18-8-7-16-32(34)33-17-9-10-19-35(33)38(36)26-30/h1-27H/i11D,20D,21D,23D,25D,27D. The fraction of sp³-hybridized carbons (Fsp3) is 0. The molecule has 0 unspecified atom stereocenters. The lowest BCUT2D eigenvalue weighted by Crippen LogP contribution is -2.00. The fourth-order valence-corrected chi connectivity index (χ4v) is 7.72. The molecule has 0 spiro atoms. The Morgan fingerprint density at radius 1 is 0.408 bits per heavy atom. The molecule has 10 rings (SSSR count). The van der Waals surface area contributed by atoms with E-state index >= 15 is 0 Å². The number of thiophene rings is 1. The summed E-state index contributed by atoms with van der Waals surface area (Å²) in [5.74, 6) is 0.869. The Bertz CT molecular complexity index is 3130. The molecule has 0 fully saturated rings. The van der Waals surface area contributed by atoms with Gasteiger partial charge in [0.25, 0.3) is 0 Å². The van der Waals surface area contributed by atoms with E-state index < -0.39 is 0 Å². The molecule has 228 valence electrons. The molecule has 8 aromatic carbocycles. The zero-order valence-corrected chi connectivity index (χ0v) is 26.7. The predicted molar refractivity (Wildman–Crippen MR) is 207 cm³/mol. The summed E-state index contributed by atoms with van der Waals surface area (Å²) in [6, 6.07) is 40.4. The first-order valence-electron chi connectivity index (χ1n) is 19.0. The third-order valence-electron chi connectivity index (χ3n) is 9.03. The van der Waals surface area contributed by atoms with Gasteiger partial charge in [-0.25, -0.2) is 15.0 Å². The largest absolute Gasteiger partial charge is 0.208 e. The van der Waals surface area contributed by atoms with Gasteiger partial charge in [-0.2, -0.15) is 0 Å². The predicted octanol–water partition coefficient (Wildman–Crippen LogP) is 12.4. The first-order valence-corrected chi connectivity index (χ1v) is 16.8. The van der Waals surface area contributed by atoms with Crippen LogP contribution in [0.4, 0.5) is 0 Å². The van der Waals surface area contributed by atoms with E-state index in [1.165, 1.54) is 0 Å². The van der Waals surface area contributed by atoms with Crippen LogP contribution in [-0.2, 0) is 0 Å². The molecule has 0 aliphatic heterocycles. The van der Waals surface area contributed by atoms with Gasteiger partial charge in [0.1, 0.15) is 0 Å². The highest BCUT2D eigenvalue weighted by atomic mass is 32.1. The van der Waals surface area contributed by atoms with Crippen molar-refractivity contribution >= 4 is 63.8 Å². The average molecular weight is 648 g/mol. The third-order valence-corrected chi connectivity index (χ3v) is 10.0. The minimum absolute atomic E-state index is 0.00472. The molecule has 0 aliphatic carbocycles. The van der Waals surface area contributed by atoms with Crippen molar-refractivity contribution in [1.82, 2.24) is 15.0 Å². The number of fused-ring (bicyclic) bond motifs is 9. The average Bonchev–Trinajstić information content (AvgIpc) is 3.64. The number of hydrogen-bond donors (Lipinski definition) is 0. The van der Waals surface area contributed by atoms with Crippen molar-refractivity contribution < 1.29 is 8.22 Å². The van der Waals surface area contributed by atoms with E-state index in [-0.39, 0.29) is 53.2 Å². The summed E-state index contributed by atoms with van der Waals surface area (Å²) >= 11 is 1.10. The van der Waals surface area contributed by atoms with Gasteiger partial charge in [-0.05, 0) is 67.6 Å². The zero-order chi connectivity index (χ0) is 37.5. The van der Waals surface area contributed by atoms with Crippen molar-refractivity contribution in [3.05, 3.63) is 164 Å². The van der Waals surface area contributed by atoms with Gasteiger partial charge in [-0.15, -0.1) is 11.3 Å². The van der Waals surface area contributed by atoms with Crippen molar-refractivity contribution in [2.45, 2.75) is 0 Å². The normalized spacial score (nSPS) is 13.4. The Hall–Kier alpha value is -6.23. The minimum Gasteiger partial charge on any atom is -0.208 e. The van der Waals surface area contributed by atoms with Gasteiger partial charge in [0.2, 0.25) is 0 Å². The smallest absolute Gasteiger partial charge is 0.164 e. The van der Waals surface area contributed by atoms with Crippen LogP contribution in [0, 0.1) is 0 Å². The van der Waals surface area contributed by atoms with Gasteiger partial charge >= 0.3 is 0 Å². The lowest BCUT2D eigenvalue weighted by atomic mass is 9.92.